The summed E-state index contributed by atoms with van der Waals surface area (Å²) in [5.41, 5.74) is -0.0765. The summed E-state index contributed by atoms with van der Waals surface area (Å²) in [4.78, 5) is 13.0. The molecule has 0 unspecified atom stereocenters. The van der Waals surface area contributed by atoms with Crippen LogP contribution in [-0.2, 0) is 10.0 Å². The fourth-order valence-electron chi connectivity index (χ4n) is 1.75. The number of hydrogen-bond acceptors (Lipinski definition) is 3. The standard InChI is InChI=1S/C12H16ClFN2O3S/c1-3-5-16(4-2)12(17)8-6-11(20(15,18)19)10(14)7-9(8)13/h6-7H,3-5H2,1-2H3,(H2,15,18,19). The van der Waals surface area contributed by atoms with Crippen LogP contribution in [0.3, 0.4) is 0 Å². The quantitative estimate of drug-likeness (QED) is 0.900. The van der Waals surface area contributed by atoms with E-state index < -0.39 is 26.6 Å². The van der Waals surface area contributed by atoms with Crippen LogP contribution < -0.4 is 5.14 Å². The van der Waals surface area contributed by atoms with E-state index >= 15 is 0 Å². The number of nitrogens with two attached hydrogens (primary N) is 1. The van der Waals surface area contributed by atoms with Gasteiger partial charge in [-0.15, -0.1) is 0 Å². The van der Waals surface area contributed by atoms with E-state index in [9.17, 15) is 17.6 Å². The smallest absolute Gasteiger partial charge is 0.255 e. The number of carbonyl (C=O) groups excluding carboxylic acids is 1. The number of nitrogens with zero attached hydrogens (tertiary/aromatic N) is 1. The van der Waals surface area contributed by atoms with Crippen molar-refractivity contribution in [3.05, 3.63) is 28.5 Å². The van der Waals surface area contributed by atoms with Crippen molar-refractivity contribution in [3.63, 3.8) is 0 Å². The van der Waals surface area contributed by atoms with Crippen LogP contribution in [0, 0.1) is 5.82 Å². The maximum Gasteiger partial charge on any atom is 0.255 e. The molecule has 0 saturated carbocycles. The van der Waals surface area contributed by atoms with E-state index in [4.69, 9.17) is 16.7 Å². The fourth-order valence-corrected chi connectivity index (χ4v) is 2.60. The van der Waals surface area contributed by atoms with Crippen molar-refractivity contribution in [2.24, 2.45) is 5.14 Å². The second-order valence-corrected chi connectivity index (χ2v) is 6.13. The minimum absolute atomic E-state index is 0.0765. The highest BCUT2D eigenvalue weighted by Crippen LogP contribution is 2.24. The van der Waals surface area contributed by atoms with E-state index in [0.29, 0.717) is 13.1 Å². The first kappa shape index (κ1) is 16.9. The van der Waals surface area contributed by atoms with Gasteiger partial charge in [-0.3, -0.25) is 4.79 Å². The first-order valence-electron chi connectivity index (χ1n) is 6.03. The summed E-state index contributed by atoms with van der Waals surface area (Å²) in [5, 5.41) is 4.76. The number of primary sulfonamides is 1. The van der Waals surface area contributed by atoms with Crippen LogP contribution in [0.5, 0.6) is 0 Å². The molecule has 1 aromatic rings. The van der Waals surface area contributed by atoms with Crippen molar-refractivity contribution >= 4 is 27.5 Å². The molecule has 0 bridgehead atoms. The van der Waals surface area contributed by atoms with Crippen molar-refractivity contribution in [3.8, 4) is 0 Å². The molecule has 0 aliphatic carbocycles. The maximum absolute atomic E-state index is 13.6. The van der Waals surface area contributed by atoms with Crippen LogP contribution in [0.25, 0.3) is 0 Å². The molecule has 1 amide bonds. The molecule has 1 rings (SSSR count). The molecule has 0 heterocycles. The van der Waals surface area contributed by atoms with Gasteiger partial charge in [0.2, 0.25) is 10.0 Å². The Morgan fingerprint density at radius 3 is 2.45 bits per heavy atom. The lowest BCUT2D eigenvalue weighted by Crippen LogP contribution is -2.32. The van der Waals surface area contributed by atoms with E-state index in [1.54, 1.807) is 6.92 Å². The molecule has 0 spiro atoms. The van der Waals surface area contributed by atoms with Gasteiger partial charge in [-0.2, -0.15) is 0 Å². The van der Waals surface area contributed by atoms with E-state index in [1.807, 2.05) is 6.92 Å². The third-order valence-corrected chi connectivity index (χ3v) is 3.96. The Bertz CT molecular complexity index is 619. The number of halogens is 2. The predicted octanol–water partition coefficient (Wildman–Crippen LogP) is 2.00. The van der Waals surface area contributed by atoms with E-state index in [-0.39, 0.29) is 10.6 Å². The molecule has 1 aromatic carbocycles. The average Bonchev–Trinajstić information content (AvgIpc) is 2.33. The Kier molecular flexibility index (Phi) is 5.50. The van der Waals surface area contributed by atoms with Crippen LogP contribution in [-0.4, -0.2) is 32.3 Å². The van der Waals surface area contributed by atoms with E-state index in [0.717, 1.165) is 18.6 Å². The molecule has 0 fully saturated rings. The largest absolute Gasteiger partial charge is 0.339 e. The van der Waals surface area contributed by atoms with E-state index in [1.165, 1.54) is 4.90 Å². The number of rotatable bonds is 5. The normalized spacial score (nSPS) is 11.4. The Morgan fingerprint density at radius 1 is 1.40 bits per heavy atom. The second kappa shape index (κ2) is 6.51. The van der Waals surface area contributed by atoms with Gasteiger partial charge < -0.3 is 4.90 Å². The maximum atomic E-state index is 13.6. The number of hydrogen-bond donors (Lipinski definition) is 1. The third-order valence-electron chi connectivity index (χ3n) is 2.72. The van der Waals surface area contributed by atoms with Crippen molar-refractivity contribution in [1.29, 1.82) is 0 Å². The highest BCUT2D eigenvalue weighted by molar-refractivity contribution is 7.89. The minimum atomic E-state index is -4.26. The number of sulfonamides is 1. The monoisotopic (exact) mass is 322 g/mol. The molecule has 0 radical (unpaired) electrons. The van der Waals surface area contributed by atoms with Crippen LogP contribution >= 0.6 is 11.6 Å². The molecular weight excluding hydrogens is 307 g/mol. The first-order chi connectivity index (χ1) is 9.22. The van der Waals surface area contributed by atoms with Crippen molar-refractivity contribution in [1.82, 2.24) is 4.90 Å². The molecular formula is C12H16ClFN2O3S. The summed E-state index contributed by atoms with van der Waals surface area (Å²) in [6.45, 7) is 4.61. The molecule has 0 atom stereocenters. The van der Waals surface area contributed by atoms with E-state index in [2.05, 4.69) is 0 Å². The SMILES string of the molecule is CCCN(CC)C(=O)c1cc(S(N)(=O)=O)c(F)cc1Cl. The number of carbonyl (C=O) groups is 1. The molecule has 2 N–H and O–H groups in total. The van der Waals surface area contributed by atoms with Gasteiger partial charge in [0.1, 0.15) is 10.7 Å². The Hall–Kier alpha value is -1.18. The van der Waals surface area contributed by atoms with Gasteiger partial charge in [0.25, 0.3) is 5.91 Å². The lowest BCUT2D eigenvalue weighted by Gasteiger charge is -2.21. The summed E-state index contributed by atoms with van der Waals surface area (Å²) in [6.07, 6.45) is 0.737. The topological polar surface area (TPSA) is 80.5 Å². The lowest BCUT2D eigenvalue weighted by atomic mass is 10.2. The number of amides is 1. The van der Waals surface area contributed by atoms with Gasteiger partial charge in [0.05, 0.1) is 10.6 Å². The molecule has 20 heavy (non-hydrogen) atoms. The van der Waals surface area contributed by atoms with Gasteiger partial charge >= 0.3 is 0 Å². The zero-order valence-electron chi connectivity index (χ0n) is 11.2. The molecule has 0 aliphatic rings. The fraction of sp³-hybridized carbons (Fsp3) is 0.417. The molecule has 0 aromatic heterocycles. The third kappa shape index (κ3) is 3.68. The summed E-state index contributed by atoms with van der Waals surface area (Å²) >= 11 is 5.82. The molecule has 112 valence electrons. The van der Waals surface area contributed by atoms with Crippen molar-refractivity contribution in [2.45, 2.75) is 25.2 Å². The minimum Gasteiger partial charge on any atom is -0.339 e. The Balaban J connectivity index is 3.35. The second-order valence-electron chi connectivity index (χ2n) is 4.19. The van der Waals surface area contributed by atoms with Crippen molar-refractivity contribution < 1.29 is 17.6 Å². The van der Waals surface area contributed by atoms with Crippen LogP contribution in [0.2, 0.25) is 5.02 Å². The highest BCUT2D eigenvalue weighted by Gasteiger charge is 2.23. The molecule has 0 aliphatic heterocycles. The van der Waals surface area contributed by atoms with Crippen LogP contribution in [0.15, 0.2) is 17.0 Å². The summed E-state index contributed by atoms with van der Waals surface area (Å²) in [7, 11) is -4.26. The molecule has 0 saturated heterocycles. The number of benzene rings is 1. The average molecular weight is 323 g/mol. The summed E-state index contributed by atoms with van der Waals surface area (Å²) in [5.74, 6) is -1.53. The first-order valence-corrected chi connectivity index (χ1v) is 7.95. The summed E-state index contributed by atoms with van der Waals surface area (Å²) < 4.78 is 36.1. The highest BCUT2D eigenvalue weighted by atomic mass is 35.5. The zero-order valence-corrected chi connectivity index (χ0v) is 12.8. The lowest BCUT2D eigenvalue weighted by molar-refractivity contribution is 0.0764. The Labute approximate surface area is 122 Å². The summed E-state index contributed by atoms with van der Waals surface area (Å²) in [6, 6.07) is 1.67. The van der Waals surface area contributed by atoms with Crippen LogP contribution in [0.1, 0.15) is 30.6 Å². The van der Waals surface area contributed by atoms with Gasteiger partial charge in [0.15, 0.2) is 0 Å². The molecule has 5 nitrogen and oxygen atoms in total. The van der Waals surface area contributed by atoms with Crippen molar-refractivity contribution in [2.75, 3.05) is 13.1 Å². The van der Waals surface area contributed by atoms with Crippen LogP contribution in [0.4, 0.5) is 4.39 Å². The predicted molar refractivity (Wildman–Crippen MR) is 74.7 cm³/mol. The van der Waals surface area contributed by atoms with Gasteiger partial charge in [0, 0.05) is 13.1 Å². The zero-order chi connectivity index (χ0) is 15.5. The van der Waals surface area contributed by atoms with Gasteiger partial charge in [-0.05, 0) is 25.5 Å². The Morgan fingerprint density at radius 2 is 2.00 bits per heavy atom. The van der Waals surface area contributed by atoms with Gasteiger partial charge in [-0.25, -0.2) is 17.9 Å². The van der Waals surface area contributed by atoms with Gasteiger partial charge in [-0.1, -0.05) is 18.5 Å². The molecule has 8 heteroatoms.